The molecule has 0 saturated heterocycles. The summed E-state index contributed by atoms with van der Waals surface area (Å²) in [4.78, 5) is 0. The smallest absolute Gasteiger partial charge is 0.137 e. The van der Waals surface area contributed by atoms with E-state index in [0.29, 0.717) is 17.1 Å². The molecule has 0 bridgehead atoms. The fourth-order valence-electron chi connectivity index (χ4n) is 1.52. The minimum Gasteiger partial charge on any atom is -0.310 e. The van der Waals surface area contributed by atoms with Crippen molar-refractivity contribution >= 4 is 31.9 Å². The van der Waals surface area contributed by atoms with Crippen molar-refractivity contribution in [3.05, 3.63) is 34.1 Å². The van der Waals surface area contributed by atoms with E-state index in [2.05, 4.69) is 44.1 Å². The maximum absolute atomic E-state index is 13.3. The van der Waals surface area contributed by atoms with Gasteiger partial charge in [0.1, 0.15) is 5.82 Å². The van der Waals surface area contributed by atoms with Gasteiger partial charge >= 0.3 is 0 Å². The van der Waals surface area contributed by atoms with Crippen LogP contribution in [0.25, 0.3) is 0 Å². The predicted octanol–water partition coefficient (Wildman–Crippen LogP) is 4.24. The van der Waals surface area contributed by atoms with Gasteiger partial charge < -0.3 is 5.32 Å². The van der Waals surface area contributed by atoms with Gasteiger partial charge in [0.25, 0.3) is 0 Å². The third-order valence-corrected chi connectivity index (χ3v) is 3.91. The van der Waals surface area contributed by atoms with E-state index in [1.54, 1.807) is 6.07 Å². The first-order valence-corrected chi connectivity index (χ1v) is 7.32. The Hall–Kier alpha value is 0.0700. The summed E-state index contributed by atoms with van der Waals surface area (Å²) in [6.07, 6.45) is 2.17. The fourth-order valence-corrected chi connectivity index (χ4v) is 2.48. The third kappa shape index (κ3) is 4.15. The van der Waals surface area contributed by atoms with Crippen LogP contribution in [-0.4, -0.2) is 11.4 Å². The number of hydrogen-bond acceptors (Lipinski definition) is 1. The molecule has 1 unspecified atom stereocenters. The van der Waals surface area contributed by atoms with Gasteiger partial charge in [-0.1, -0.05) is 35.0 Å². The van der Waals surface area contributed by atoms with Crippen LogP contribution < -0.4 is 5.32 Å². The number of halogens is 3. The number of rotatable bonds is 6. The molecule has 1 nitrogen and oxygen atoms in total. The number of nitrogens with one attached hydrogen (secondary N) is 1. The molecule has 16 heavy (non-hydrogen) atoms. The van der Waals surface area contributed by atoms with Crippen molar-refractivity contribution in [2.75, 3.05) is 5.33 Å². The van der Waals surface area contributed by atoms with E-state index in [4.69, 9.17) is 0 Å². The second kappa shape index (κ2) is 7.41. The molecule has 90 valence electrons. The van der Waals surface area contributed by atoms with E-state index in [9.17, 15) is 4.39 Å². The van der Waals surface area contributed by atoms with Crippen molar-refractivity contribution < 1.29 is 4.39 Å². The highest BCUT2D eigenvalue weighted by atomic mass is 79.9. The minimum atomic E-state index is -0.201. The lowest BCUT2D eigenvalue weighted by Gasteiger charge is -2.16. The third-order valence-electron chi connectivity index (χ3n) is 2.56. The summed E-state index contributed by atoms with van der Waals surface area (Å²) in [7, 11) is 0. The maximum atomic E-state index is 13.3. The molecular weight excluding hydrogens is 337 g/mol. The van der Waals surface area contributed by atoms with E-state index in [1.807, 2.05) is 6.07 Å². The molecule has 0 aliphatic heterocycles. The summed E-state index contributed by atoms with van der Waals surface area (Å²) < 4.78 is 13.8. The number of benzene rings is 1. The Kier molecular flexibility index (Phi) is 6.54. The van der Waals surface area contributed by atoms with E-state index in [0.717, 1.165) is 23.7 Å². The summed E-state index contributed by atoms with van der Waals surface area (Å²) in [5, 5.41) is 4.42. The summed E-state index contributed by atoms with van der Waals surface area (Å²) in [5.74, 6) is -0.201. The van der Waals surface area contributed by atoms with Crippen LogP contribution in [0.5, 0.6) is 0 Å². The highest BCUT2D eigenvalue weighted by molar-refractivity contribution is 9.10. The van der Waals surface area contributed by atoms with Crippen LogP contribution in [0.2, 0.25) is 0 Å². The molecule has 1 aromatic carbocycles. The molecule has 0 saturated carbocycles. The van der Waals surface area contributed by atoms with Crippen LogP contribution in [0.4, 0.5) is 4.39 Å². The zero-order chi connectivity index (χ0) is 12.0. The summed E-state index contributed by atoms with van der Waals surface area (Å²) in [6.45, 7) is 2.85. The molecule has 1 rings (SSSR count). The Morgan fingerprint density at radius 1 is 1.44 bits per heavy atom. The van der Waals surface area contributed by atoms with Crippen molar-refractivity contribution in [1.29, 1.82) is 0 Å². The lowest BCUT2D eigenvalue weighted by atomic mass is 10.1. The zero-order valence-electron chi connectivity index (χ0n) is 9.27. The van der Waals surface area contributed by atoms with Gasteiger partial charge in [-0.05, 0) is 40.4 Å². The Labute approximate surface area is 113 Å². The monoisotopic (exact) mass is 351 g/mol. The van der Waals surface area contributed by atoms with Crippen LogP contribution in [0.3, 0.4) is 0 Å². The van der Waals surface area contributed by atoms with E-state index < -0.39 is 0 Å². The minimum absolute atomic E-state index is 0.201. The van der Waals surface area contributed by atoms with Gasteiger partial charge in [0.15, 0.2) is 0 Å². The number of hydrogen-bond donors (Lipinski definition) is 1. The lowest BCUT2D eigenvalue weighted by molar-refractivity contribution is 0.486. The van der Waals surface area contributed by atoms with Gasteiger partial charge in [-0.15, -0.1) is 0 Å². The molecular formula is C12H16Br2FN. The lowest BCUT2D eigenvalue weighted by Crippen LogP contribution is -2.28. The van der Waals surface area contributed by atoms with E-state index in [-0.39, 0.29) is 5.82 Å². The van der Waals surface area contributed by atoms with E-state index >= 15 is 0 Å². The van der Waals surface area contributed by atoms with Crippen LogP contribution in [0, 0.1) is 5.82 Å². The van der Waals surface area contributed by atoms with Gasteiger partial charge in [-0.2, -0.15) is 0 Å². The summed E-state index contributed by atoms with van der Waals surface area (Å²) >= 11 is 6.70. The van der Waals surface area contributed by atoms with Crippen molar-refractivity contribution in [3.8, 4) is 0 Å². The normalized spacial score (nSPS) is 12.8. The molecule has 1 atom stereocenters. The SMILES string of the molecule is CCC(CCBr)NCc1cccc(F)c1Br. The molecule has 0 fully saturated rings. The Bertz CT molecular complexity index is 331. The summed E-state index contributed by atoms with van der Waals surface area (Å²) in [5.41, 5.74) is 0.966. The van der Waals surface area contributed by atoms with Gasteiger partial charge in [0.2, 0.25) is 0 Å². The van der Waals surface area contributed by atoms with Crippen molar-refractivity contribution in [1.82, 2.24) is 5.32 Å². The molecule has 0 radical (unpaired) electrons. The number of alkyl halides is 1. The molecule has 1 N–H and O–H groups in total. The quantitative estimate of drug-likeness (QED) is 0.755. The molecule has 4 heteroatoms. The molecule has 0 aromatic heterocycles. The van der Waals surface area contributed by atoms with Crippen molar-refractivity contribution in [3.63, 3.8) is 0 Å². The van der Waals surface area contributed by atoms with Crippen molar-refractivity contribution in [2.45, 2.75) is 32.4 Å². The zero-order valence-corrected chi connectivity index (χ0v) is 12.4. The first-order chi connectivity index (χ1) is 7.69. The highest BCUT2D eigenvalue weighted by Gasteiger charge is 2.08. The molecule has 0 aliphatic carbocycles. The second-order valence-electron chi connectivity index (χ2n) is 3.68. The van der Waals surface area contributed by atoms with Gasteiger partial charge in [0.05, 0.1) is 4.47 Å². The standard InChI is InChI=1S/C12H16Br2FN/c1-2-10(6-7-13)16-8-9-4-3-5-11(15)12(9)14/h3-5,10,16H,2,6-8H2,1H3. The Morgan fingerprint density at radius 2 is 2.19 bits per heavy atom. The van der Waals surface area contributed by atoms with Gasteiger partial charge in [-0.3, -0.25) is 0 Å². The largest absolute Gasteiger partial charge is 0.310 e. The first kappa shape index (κ1) is 14.1. The molecule has 0 spiro atoms. The molecule has 0 aliphatic rings. The predicted molar refractivity (Wildman–Crippen MR) is 73.4 cm³/mol. The van der Waals surface area contributed by atoms with Crippen molar-refractivity contribution in [2.24, 2.45) is 0 Å². The Balaban J connectivity index is 2.56. The van der Waals surface area contributed by atoms with Crippen LogP contribution >= 0.6 is 31.9 Å². The highest BCUT2D eigenvalue weighted by Crippen LogP contribution is 2.20. The molecule has 0 heterocycles. The molecule has 1 aromatic rings. The van der Waals surface area contributed by atoms with E-state index in [1.165, 1.54) is 6.07 Å². The van der Waals surface area contributed by atoms with Crippen LogP contribution in [-0.2, 0) is 6.54 Å². The van der Waals surface area contributed by atoms with Crippen LogP contribution in [0.15, 0.2) is 22.7 Å². The average Bonchev–Trinajstić information content (AvgIpc) is 2.29. The van der Waals surface area contributed by atoms with Gasteiger partial charge in [0, 0.05) is 17.9 Å². The Morgan fingerprint density at radius 3 is 2.81 bits per heavy atom. The summed E-state index contributed by atoms with van der Waals surface area (Å²) in [6, 6.07) is 5.61. The topological polar surface area (TPSA) is 12.0 Å². The average molecular weight is 353 g/mol. The second-order valence-corrected chi connectivity index (χ2v) is 5.26. The van der Waals surface area contributed by atoms with Gasteiger partial charge in [-0.25, -0.2) is 4.39 Å². The molecule has 0 amide bonds. The maximum Gasteiger partial charge on any atom is 0.137 e. The first-order valence-electron chi connectivity index (χ1n) is 5.41. The fraction of sp³-hybridized carbons (Fsp3) is 0.500. The van der Waals surface area contributed by atoms with Crippen LogP contribution in [0.1, 0.15) is 25.3 Å².